The Labute approximate surface area is 161 Å². The number of ether oxygens (including phenoxy) is 3. The molecule has 0 fully saturated rings. The van der Waals surface area contributed by atoms with Gasteiger partial charge in [0.05, 0.1) is 32.0 Å². The van der Waals surface area contributed by atoms with Gasteiger partial charge in [-0.25, -0.2) is 4.79 Å². The van der Waals surface area contributed by atoms with E-state index in [1.807, 2.05) is 0 Å². The molecule has 0 aliphatic heterocycles. The van der Waals surface area contributed by atoms with Gasteiger partial charge in [0.1, 0.15) is 5.60 Å². The highest BCUT2D eigenvalue weighted by Crippen LogP contribution is 2.35. The average Bonchev–Trinajstić information content (AvgIpc) is 2.63. The molecule has 0 bridgehead atoms. The molecular formula is C18H21N5O5. The van der Waals surface area contributed by atoms with E-state index in [9.17, 15) is 9.59 Å². The van der Waals surface area contributed by atoms with Crippen LogP contribution in [0.2, 0.25) is 0 Å². The minimum absolute atomic E-state index is 0.0525. The van der Waals surface area contributed by atoms with Crippen LogP contribution in [0.3, 0.4) is 0 Å². The first-order valence-electron chi connectivity index (χ1n) is 8.30. The SMILES string of the molecule is COc1cc2c(C(=O)N=[N+]=[N-])cnc(CNC(=O)OC(C)(C)C)c2cc1OC. The Morgan fingerprint density at radius 1 is 1.18 bits per heavy atom. The zero-order valence-electron chi connectivity index (χ0n) is 16.3. The van der Waals surface area contributed by atoms with Crippen molar-refractivity contribution in [2.45, 2.75) is 32.9 Å². The fourth-order valence-corrected chi connectivity index (χ4v) is 2.50. The normalized spacial score (nSPS) is 10.8. The summed E-state index contributed by atoms with van der Waals surface area (Å²) in [6.07, 6.45) is 0.689. The third kappa shape index (κ3) is 4.80. The number of methoxy groups -OCH3 is 2. The summed E-state index contributed by atoms with van der Waals surface area (Å²) >= 11 is 0. The van der Waals surface area contributed by atoms with Crippen molar-refractivity contribution < 1.29 is 23.8 Å². The van der Waals surface area contributed by atoms with Crippen LogP contribution in [0, 0.1) is 0 Å². The van der Waals surface area contributed by atoms with Crippen molar-refractivity contribution in [2.24, 2.45) is 5.11 Å². The Bertz CT molecular complexity index is 961. The first kappa shape index (κ1) is 20.8. The first-order chi connectivity index (χ1) is 13.2. The Hall–Kier alpha value is -3.52. The highest BCUT2D eigenvalue weighted by Gasteiger charge is 2.19. The fraction of sp³-hybridized carbons (Fsp3) is 0.389. The third-order valence-electron chi connectivity index (χ3n) is 3.64. The van der Waals surface area contributed by atoms with Gasteiger partial charge in [0.15, 0.2) is 11.5 Å². The molecule has 1 heterocycles. The number of hydrogen-bond donors (Lipinski definition) is 1. The predicted molar refractivity (Wildman–Crippen MR) is 101 cm³/mol. The number of pyridine rings is 1. The first-order valence-corrected chi connectivity index (χ1v) is 8.30. The number of carbonyl (C=O) groups is 2. The van der Waals surface area contributed by atoms with Crippen molar-refractivity contribution in [2.75, 3.05) is 14.2 Å². The number of benzene rings is 1. The van der Waals surface area contributed by atoms with E-state index in [2.05, 4.69) is 20.3 Å². The lowest BCUT2D eigenvalue weighted by Crippen LogP contribution is -2.32. The van der Waals surface area contributed by atoms with Gasteiger partial charge in [-0.1, -0.05) is 0 Å². The lowest BCUT2D eigenvalue weighted by Gasteiger charge is -2.20. The van der Waals surface area contributed by atoms with Gasteiger partial charge in [-0.05, 0) is 43.5 Å². The van der Waals surface area contributed by atoms with Crippen LogP contribution in [-0.4, -0.2) is 36.8 Å². The minimum atomic E-state index is -0.779. The van der Waals surface area contributed by atoms with Crippen LogP contribution in [0.5, 0.6) is 11.5 Å². The molecule has 1 N–H and O–H groups in total. The van der Waals surface area contributed by atoms with E-state index in [1.54, 1.807) is 32.9 Å². The Morgan fingerprint density at radius 2 is 1.79 bits per heavy atom. The second kappa shape index (κ2) is 8.45. The summed E-state index contributed by atoms with van der Waals surface area (Å²) in [7, 11) is 2.94. The smallest absolute Gasteiger partial charge is 0.407 e. The lowest BCUT2D eigenvalue weighted by atomic mass is 10.0. The summed E-state index contributed by atoms with van der Waals surface area (Å²) in [5.41, 5.74) is 8.50. The molecule has 0 radical (unpaired) electrons. The van der Waals surface area contributed by atoms with Gasteiger partial charge in [-0.3, -0.25) is 9.78 Å². The predicted octanol–water partition coefficient (Wildman–Crippen LogP) is 3.73. The molecule has 0 unspecified atom stereocenters. The fourth-order valence-electron chi connectivity index (χ4n) is 2.50. The second-order valence-electron chi connectivity index (χ2n) is 6.72. The van der Waals surface area contributed by atoms with Crippen molar-refractivity contribution in [3.05, 3.63) is 40.0 Å². The zero-order valence-corrected chi connectivity index (χ0v) is 16.3. The van der Waals surface area contributed by atoms with E-state index in [1.165, 1.54) is 20.4 Å². The topological polar surface area (TPSA) is 136 Å². The molecule has 10 heteroatoms. The molecular weight excluding hydrogens is 366 g/mol. The maximum absolute atomic E-state index is 12.1. The van der Waals surface area contributed by atoms with Gasteiger partial charge < -0.3 is 19.5 Å². The van der Waals surface area contributed by atoms with Crippen LogP contribution in [0.4, 0.5) is 4.79 Å². The Kier molecular flexibility index (Phi) is 6.27. The van der Waals surface area contributed by atoms with Crippen molar-refractivity contribution >= 4 is 22.8 Å². The van der Waals surface area contributed by atoms with Crippen molar-refractivity contribution in [1.29, 1.82) is 0 Å². The maximum Gasteiger partial charge on any atom is 0.407 e. The summed E-state index contributed by atoms with van der Waals surface area (Å²) < 4.78 is 15.8. The number of azide groups is 1. The van der Waals surface area contributed by atoms with Crippen LogP contribution in [-0.2, 0) is 11.3 Å². The van der Waals surface area contributed by atoms with Crippen LogP contribution in [0.1, 0.15) is 36.8 Å². The second-order valence-corrected chi connectivity index (χ2v) is 6.72. The average molecular weight is 387 g/mol. The van der Waals surface area contributed by atoms with Gasteiger partial charge in [0.2, 0.25) is 0 Å². The highest BCUT2D eigenvalue weighted by molar-refractivity contribution is 6.08. The lowest BCUT2D eigenvalue weighted by molar-refractivity contribution is 0.0523. The van der Waals surface area contributed by atoms with E-state index in [0.29, 0.717) is 28.0 Å². The summed E-state index contributed by atoms with van der Waals surface area (Å²) in [6.45, 7) is 5.32. The molecule has 0 spiro atoms. The van der Waals surface area contributed by atoms with E-state index < -0.39 is 17.6 Å². The Morgan fingerprint density at radius 3 is 2.32 bits per heavy atom. The number of amides is 2. The van der Waals surface area contributed by atoms with Gasteiger partial charge in [0.25, 0.3) is 5.91 Å². The number of carbonyl (C=O) groups excluding carboxylic acids is 2. The number of hydrogen-bond acceptors (Lipinski definition) is 6. The molecule has 28 heavy (non-hydrogen) atoms. The number of nitrogens with one attached hydrogen (secondary N) is 1. The molecule has 1 aromatic heterocycles. The third-order valence-corrected chi connectivity index (χ3v) is 3.64. The van der Waals surface area contributed by atoms with E-state index in [4.69, 9.17) is 19.7 Å². The molecule has 2 amide bonds. The number of fused-ring (bicyclic) bond motifs is 1. The largest absolute Gasteiger partial charge is 0.493 e. The van der Waals surface area contributed by atoms with Crippen molar-refractivity contribution in [1.82, 2.24) is 10.3 Å². The molecule has 0 saturated carbocycles. The summed E-state index contributed by atoms with van der Waals surface area (Å²) in [5.74, 6) is 0.0322. The molecule has 0 saturated heterocycles. The standard InChI is InChI=1S/C18H21N5O5/c1-18(2,3)28-17(25)21-9-13-11-7-15(27-5)14(26-4)6-10(11)12(8-20-13)16(24)22-23-19/h6-8H,9H2,1-5H3,(H,21,25). The quantitative estimate of drug-likeness (QED) is 0.472. The van der Waals surface area contributed by atoms with E-state index >= 15 is 0 Å². The monoisotopic (exact) mass is 387 g/mol. The van der Waals surface area contributed by atoms with Crippen LogP contribution >= 0.6 is 0 Å². The summed E-state index contributed by atoms with van der Waals surface area (Å²) in [5, 5.41) is 6.74. The summed E-state index contributed by atoms with van der Waals surface area (Å²) in [6, 6.07) is 3.23. The van der Waals surface area contributed by atoms with E-state index in [-0.39, 0.29) is 12.1 Å². The number of nitrogens with zero attached hydrogens (tertiary/aromatic N) is 4. The van der Waals surface area contributed by atoms with Crippen molar-refractivity contribution in [3.63, 3.8) is 0 Å². The van der Waals surface area contributed by atoms with Gasteiger partial charge in [0, 0.05) is 21.9 Å². The maximum atomic E-state index is 12.1. The number of alkyl carbamates (subject to hydrolysis) is 1. The zero-order chi connectivity index (χ0) is 20.9. The molecule has 148 valence electrons. The molecule has 0 aliphatic rings. The Balaban J connectivity index is 2.52. The molecule has 2 aromatic rings. The highest BCUT2D eigenvalue weighted by atomic mass is 16.6. The van der Waals surface area contributed by atoms with Gasteiger partial charge in [-0.2, -0.15) is 0 Å². The molecule has 1 aromatic carbocycles. The minimum Gasteiger partial charge on any atom is -0.493 e. The van der Waals surface area contributed by atoms with Crippen LogP contribution in [0.15, 0.2) is 23.4 Å². The molecule has 10 nitrogen and oxygen atoms in total. The molecule has 0 atom stereocenters. The van der Waals surface area contributed by atoms with Crippen molar-refractivity contribution in [3.8, 4) is 11.5 Å². The van der Waals surface area contributed by atoms with Crippen LogP contribution < -0.4 is 14.8 Å². The number of rotatable bonds is 5. The number of aromatic nitrogens is 1. The van der Waals surface area contributed by atoms with Crippen LogP contribution in [0.25, 0.3) is 21.2 Å². The van der Waals surface area contributed by atoms with Gasteiger partial charge in [-0.15, -0.1) is 0 Å². The van der Waals surface area contributed by atoms with Gasteiger partial charge >= 0.3 is 6.09 Å². The molecule has 0 aliphatic carbocycles. The van der Waals surface area contributed by atoms with E-state index in [0.717, 1.165) is 0 Å². The molecule has 2 rings (SSSR count). The summed E-state index contributed by atoms with van der Waals surface area (Å²) in [4.78, 5) is 30.8.